The largest absolute Gasteiger partial charge is 0.341 e. The molecule has 8 heteroatoms. The highest BCUT2D eigenvalue weighted by Crippen LogP contribution is 2.33. The molecule has 6 nitrogen and oxygen atoms in total. The van der Waals surface area contributed by atoms with E-state index < -0.39 is 6.04 Å². The number of thioether (sulfide) groups is 1. The predicted molar refractivity (Wildman–Crippen MR) is 133 cm³/mol. The van der Waals surface area contributed by atoms with Crippen LogP contribution in [0, 0.1) is 0 Å². The first-order chi connectivity index (χ1) is 16.2. The summed E-state index contributed by atoms with van der Waals surface area (Å²) in [6.07, 6.45) is 6.31. The normalized spacial score (nSPS) is 16.0. The molecule has 2 N–H and O–H groups in total. The van der Waals surface area contributed by atoms with Gasteiger partial charge in [0.1, 0.15) is 0 Å². The van der Waals surface area contributed by atoms with Gasteiger partial charge in [-0.1, -0.05) is 41.7 Å². The lowest BCUT2D eigenvalue weighted by molar-refractivity contribution is -0.112. The first-order valence-electron chi connectivity index (χ1n) is 10.5. The number of nitrogens with one attached hydrogen (secondary N) is 2. The third kappa shape index (κ3) is 4.86. The van der Waals surface area contributed by atoms with E-state index in [1.54, 1.807) is 12.3 Å². The minimum Gasteiger partial charge on any atom is -0.341 e. The van der Waals surface area contributed by atoms with Crippen LogP contribution in [0.4, 0.5) is 0 Å². The van der Waals surface area contributed by atoms with E-state index in [4.69, 9.17) is 0 Å². The molecule has 3 heterocycles. The Morgan fingerprint density at radius 1 is 1.12 bits per heavy atom. The predicted octanol–water partition coefficient (Wildman–Crippen LogP) is 5.04. The molecule has 2 aromatic carbocycles. The van der Waals surface area contributed by atoms with Crippen molar-refractivity contribution >= 4 is 57.6 Å². The number of carbonyl (C=O) groups is 2. The van der Waals surface area contributed by atoms with Crippen LogP contribution in [0.3, 0.4) is 0 Å². The number of fused-ring (bicyclic) bond motifs is 1. The molecular weight excluding hydrogens is 452 g/mol. The molecular formula is C25H20N4O2S2. The van der Waals surface area contributed by atoms with Crippen molar-refractivity contribution in [3.8, 4) is 0 Å². The second kappa shape index (κ2) is 9.64. The third-order valence-electron chi connectivity index (χ3n) is 5.26. The van der Waals surface area contributed by atoms with Crippen LogP contribution in [0.25, 0.3) is 23.1 Å². The van der Waals surface area contributed by atoms with Gasteiger partial charge in [-0.15, -0.1) is 0 Å². The van der Waals surface area contributed by atoms with Gasteiger partial charge in [-0.05, 0) is 61.0 Å². The summed E-state index contributed by atoms with van der Waals surface area (Å²) in [5.74, 6) is 0.534. The van der Waals surface area contributed by atoms with E-state index in [2.05, 4.69) is 20.5 Å². The number of pyridine rings is 1. The number of nitrogens with zero attached hydrogens (tertiary/aromatic N) is 2. The second-order valence-electron chi connectivity index (χ2n) is 7.48. The van der Waals surface area contributed by atoms with Crippen molar-refractivity contribution in [3.63, 3.8) is 0 Å². The van der Waals surface area contributed by atoms with Crippen molar-refractivity contribution in [1.29, 1.82) is 0 Å². The molecule has 0 radical (unpaired) electrons. The minimum atomic E-state index is -0.403. The van der Waals surface area contributed by atoms with Gasteiger partial charge in [-0.2, -0.15) is 5.10 Å². The van der Waals surface area contributed by atoms with Crippen molar-refractivity contribution in [3.05, 3.63) is 83.8 Å². The van der Waals surface area contributed by atoms with Gasteiger partial charge in [0, 0.05) is 27.1 Å². The summed E-state index contributed by atoms with van der Waals surface area (Å²) in [5, 5.41) is 11.4. The average molecular weight is 473 g/mol. The molecule has 1 aliphatic rings. The highest BCUT2D eigenvalue weighted by atomic mass is 32.2. The lowest BCUT2D eigenvalue weighted by atomic mass is 10.2. The molecule has 4 aromatic rings. The number of amides is 1. The molecule has 1 atom stereocenters. The fraction of sp³-hybridized carbons (Fsp3) is 0.120. The molecule has 1 saturated heterocycles. The fourth-order valence-electron chi connectivity index (χ4n) is 3.58. The Labute approximate surface area is 199 Å². The zero-order chi connectivity index (χ0) is 22.6. The summed E-state index contributed by atoms with van der Waals surface area (Å²) in [6, 6.07) is 18.9. The maximum absolute atomic E-state index is 12.8. The Morgan fingerprint density at radius 2 is 2.00 bits per heavy atom. The molecule has 1 fully saturated rings. The van der Waals surface area contributed by atoms with Crippen LogP contribution in [0.15, 0.2) is 76.7 Å². The van der Waals surface area contributed by atoms with Crippen LogP contribution in [0.2, 0.25) is 0 Å². The van der Waals surface area contributed by atoms with Gasteiger partial charge in [0.25, 0.3) is 5.91 Å². The highest BCUT2D eigenvalue weighted by Gasteiger charge is 2.27. The Morgan fingerprint density at radius 3 is 2.82 bits per heavy atom. The number of H-pyrrole nitrogens is 1. The molecule has 0 saturated carbocycles. The van der Waals surface area contributed by atoms with Crippen LogP contribution in [0.5, 0.6) is 0 Å². The monoisotopic (exact) mass is 472 g/mol. The zero-order valence-electron chi connectivity index (χ0n) is 17.5. The molecule has 0 aliphatic carbocycles. The first-order valence-corrected chi connectivity index (χ1v) is 12.3. The molecule has 0 spiro atoms. The minimum absolute atomic E-state index is 0.0334. The number of aromatic nitrogens is 3. The van der Waals surface area contributed by atoms with E-state index in [-0.39, 0.29) is 11.0 Å². The van der Waals surface area contributed by atoms with Crippen molar-refractivity contribution in [2.24, 2.45) is 0 Å². The van der Waals surface area contributed by atoms with Gasteiger partial charge >= 0.3 is 0 Å². The first kappa shape index (κ1) is 21.5. The Balaban J connectivity index is 1.35. The summed E-state index contributed by atoms with van der Waals surface area (Å²) in [5.41, 5.74) is 3.19. The Kier molecular flexibility index (Phi) is 6.28. The van der Waals surface area contributed by atoms with Gasteiger partial charge in [0.2, 0.25) is 5.12 Å². The maximum atomic E-state index is 12.8. The standard InChI is InChI=1S/C25H20N4O2S2/c30-24(27-21-12-14-32-25(21)31)19-6-1-2-7-23(19)33-17-9-10-18-20(28-29-22(18)15-17)11-8-16-5-3-4-13-26-16/h1-11,13,15,21H,12,14H2,(H,27,30)(H,28,29)/b11-8+. The van der Waals surface area contributed by atoms with E-state index in [1.807, 2.05) is 66.7 Å². The molecule has 1 aliphatic heterocycles. The summed E-state index contributed by atoms with van der Waals surface area (Å²) < 4.78 is 0. The quantitative estimate of drug-likeness (QED) is 0.409. The SMILES string of the molecule is O=C(NC1CCSC1=O)c1ccccc1Sc1ccc2c(/C=C/c3ccccn3)n[nH]c2c1. The van der Waals surface area contributed by atoms with Gasteiger partial charge in [-0.3, -0.25) is 19.7 Å². The fourth-order valence-corrected chi connectivity index (χ4v) is 5.50. The van der Waals surface area contributed by atoms with E-state index in [9.17, 15) is 9.59 Å². The summed E-state index contributed by atoms with van der Waals surface area (Å²) in [7, 11) is 0. The summed E-state index contributed by atoms with van der Waals surface area (Å²) in [4.78, 5) is 30.9. The van der Waals surface area contributed by atoms with Gasteiger partial charge in [-0.25, -0.2) is 0 Å². The maximum Gasteiger partial charge on any atom is 0.253 e. The van der Waals surface area contributed by atoms with Crippen molar-refractivity contribution in [2.75, 3.05) is 5.75 Å². The van der Waals surface area contributed by atoms with E-state index in [0.717, 1.165) is 37.8 Å². The molecule has 5 rings (SSSR count). The lowest BCUT2D eigenvalue weighted by Gasteiger charge is -2.13. The van der Waals surface area contributed by atoms with E-state index >= 15 is 0 Å². The lowest BCUT2D eigenvalue weighted by Crippen LogP contribution is -2.37. The van der Waals surface area contributed by atoms with Gasteiger partial charge in [0.05, 0.1) is 28.5 Å². The highest BCUT2D eigenvalue weighted by molar-refractivity contribution is 8.14. The molecule has 2 aromatic heterocycles. The van der Waals surface area contributed by atoms with Gasteiger partial charge < -0.3 is 5.32 Å². The van der Waals surface area contributed by atoms with Crippen LogP contribution >= 0.6 is 23.5 Å². The Hall–Kier alpha value is -3.36. The summed E-state index contributed by atoms with van der Waals surface area (Å²) in [6.45, 7) is 0. The van der Waals surface area contributed by atoms with Crippen molar-refractivity contribution < 1.29 is 9.59 Å². The van der Waals surface area contributed by atoms with Gasteiger partial charge in [0.15, 0.2) is 0 Å². The number of rotatable bonds is 6. The second-order valence-corrected chi connectivity index (χ2v) is 9.70. The van der Waals surface area contributed by atoms with Crippen molar-refractivity contribution in [1.82, 2.24) is 20.5 Å². The molecule has 164 valence electrons. The number of benzene rings is 2. The van der Waals surface area contributed by atoms with Crippen molar-refractivity contribution in [2.45, 2.75) is 22.3 Å². The number of aromatic amines is 1. The number of carbonyl (C=O) groups excluding carboxylic acids is 2. The smallest absolute Gasteiger partial charge is 0.253 e. The summed E-state index contributed by atoms with van der Waals surface area (Å²) >= 11 is 2.79. The molecule has 1 unspecified atom stereocenters. The topological polar surface area (TPSA) is 87.7 Å². The molecule has 33 heavy (non-hydrogen) atoms. The van der Waals surface area contributed by atoms with Crippen LogP contribution < -0.4 is 5.32 Å². The van der Waals surface area contributed by atoms with Crippen LogP contribution in [-0.2, 0) is 4.79 Å². The molecule has 1 amide bonds. The van der Waals surface area contributed by atoms with E-state index in [0.29, 0.717) is 12.0 Å². The molecule has 0 bridgehead atoms. The number of hydrogen-bond donors (Lipinski definition) is 2. The number of hydrogen-bond acceptors (Lipinski definition) is 6. The average Bonchev–Trinajstić information content (AvgIpc) is 3.44. The third-order valence-corrected chi connectivity index (χ3v) is 7.34. The van der Waals surface area contributed by atoms with Crippen LogP contribution in [0.1, 0.15) is 28.2 Å². The Bertz CT molecular complexity index is 1350. The zero-order valence-corrected chi connectivity index (χ0v) is 19.2. The van der Waals surface area contributed by atoms with E-state index in [1.165, 1.54) is 23.5 Å². The van der Waals surface area contributed by atoms with Crippen LogP contribution in [-0.4, -0.2) is 38.0 Å².